The monoisotopic (exact) mass is 421 g/mol. The highest BCUT2D eigenvalue weighted by molar-refractivity contribution is 5.86. The molecule has 0 amide bonds. The first-order valence-corrected chi connectivity index (χ1v) is 10.6. The molecule has 0 saturated carbocycles. The lowest BCUT2D eigenvalue weighted by Gasteiger charge is -2.26. The first-order chi connectivity index (χ1) is 15.2. The number of fused-ring (bicyclic) bond motifs is 3. The van der Waals surface area contributed by atoms with Gasteiger partial charge in [-0.3, -0.25) is 9.69 Å². The largest absolute Gasteiger partial charge is 0.379 e. The molecular weight excluding hydrogens is 397 g/mol. The van der Waals surface area contributed by atoms with E-state index in [1.807, 2.05) is 19.2 Å². The lowest BCUT2D eigenvalue weighted by molar-refractivity contribution is 0.0363. The summed E-state index contributed by atoms with van der Waals surface area (Å²) < 4.78 is 22.3. The molecule has 8 heteroatoms. The van der Waals surface area contributed by atoms with Gasteiger partial charge in [-0.2, -0.15) is 5.10 Å². The predicted molar refractivity (Wildman–Crippen MR) is 117 cm³/mol. The summed E-state index contributed by atoms with van der Waals surface area (Å²) in [7, 11) is 0. The van der Waals surface area contributed by atoms with Crippen LogP contribution in [-0.2, 0) is 17.7 Å². The lowest BCUT2D eigenvalue weighted by Crippen LogP contribution is -2.39. The van der Waals surface area contributed by atoms with Gasteiger partial charge in [0.1, 0.15) is 5.82 Å². The van der Waals surface area contributed by atoms with E-state index < -0.39 is 0 Å². The molecule has 31 heavy (non-hydrogen) atoms. The van der Waals surface area contributed by atoms with Crippen LogP contribution in [0.3, 0.4) is 0 Å². The first kappa shape index (κ1) is 19.8. The smallest absolute Gasteiger partial charge is 0.261 e. The Labute approximate surface area is 178 Å². The standard InChI is InChI=1S/C23H24FN5O2/c1-2-19-21(16-3-5-17(24)6-4-16)22-25-15-18-20(29(22)26-19)7-8-28(23(18)30)10-9-27-11-13-31-14-12-27/h3-8,15H,2,9-14H2,1H3. The first-order valence-electron chi connectivity index (χ1n) is 10.6. The van der Waals surface area contributed by atoms with E-state index in [1.54, 1.807) is 27.4 Å². The Kier molecular flexibility index (Phi) is 5.25. The average Bonchev–Trinajstić information content (AvgIpc) is 3.19. The van der Waals surface area contributed by atoms with E-state index >= 15 is 0 Å². The van der Waals surface area contributed by atoms with Gasteiger partial charge in [-0.1, -0.05) is 19.1 Å². The van der Waals surface area contributed by atoms with Gasteiger partial charge in [0.15, 0.2) is 5.65 Å². The zero-order chi connectivity index (χ0) is 21.4. The number of ether oxygens (including phenoxy) is 1. The second kappa shape index (κ2) is 8.20. The third kappa shape index (κ3) is 3.62. The van der Waals surface area contributed by atoms with Crippen molar-refractivity contribution < 1.29 is 9.13 Å². The summed E-state index contributed by atoms with van der Waals surface area (Å²) in [6.07, 6.45) is 4.16. The Hall–Kier alpha value is -3.10. The molecule has 1 aliphatic heterocycles. The third-order valence-electron chi connectivity index (χ3n) is 5.89. The Morgan fingerprint density at radius 1 is 1.10 bits per heavy atom. The molecule has 0 bridgehead atoms. The fourth-order valence-electron chi connectivity index (χ4n) is 4.16. The Balaban J connectivity index is 1.56. The van der Waals surface area contributed by atoms with Crippen LogP contribution in [0.4, 0.5) is 4.39 Å². The quantitative estimate of drug-likeness (QED) is 0.496. The normalized spacial score (nSPS) is 15.2. The van der Waals surface area contributed by atoms with Crippen LogP contribution in [0.25, 0.3) is 27.7 Å². The minimum atomic E-state index is -0.283. The molecule has 7 nitrogen and oxygen atoms in total. The number of aromatic nitrogens is 4. The maximum Gasteiger partial charge on any atom is 0.261 e. The van der Waals surface area contributed by atoms with Crippen molar-refractivity contribution in [1.82, 2.24) is 24.1 Å². The van der Waals surface area contributed by atoms with Crippen LogP contribution in [0.5, 0.6) is 0 Å². The molecule has 1 fully saturated rings. The molecule has 0 N–H and O–H groups in total. The van der Waals surface area contributed by atoms with Crippen molar-refractivity contribution in [3.63, 3.8) is 0 Å². The van der Waals surface area contributed by atoms with Crippen LogP contribution in [0.1, 0.15) is 12.6 Å². The summed E-state index contributed by atoms with van der Waals surface area (Å²) in [6.45, 7) is 6.71. The number of nitrogens with zero attached hydrogens (tertiary/aromatic N) is 5. The number of hydrogen-bond acceptors (Lipinski definition) is 5. The number of rotatable bonds is 5. The summed E-state index contributed by atoms with van der Waals surface area (Å²) in [6, 6.07) is 8.27. The maximum absolute atomic E-state index is 13.4. The highest BCUT2D eigenvalue weighted by Gasteiger charge is 2.18. The molecule has 160 valence electrons. The molecule has 1 saturated heterocycles. The van der Waals surface area contributed by atoms with Gasteiger partial charge in [0.25, 0.3) is 5.56 Å². The highest BCUT2D eigenvalue weighted by atomic mass is 19.1. The van der Waals surface area contributed by atoms with E-state index in [4.69, 9.17) is 9.84 Å². The molecule has 0 atom stereocenters. The fraction of sp³-hybridized carbons (Fsp3) is 0.348. The zero-order valence-electron chi connectivity index (χ0n) is 17.4. The zero-order valence-corrected chi connectivity index (χ0v) is 17.4. The molecule has 4 heterocycles. The van der Waals surface area contributed by atoms with Crippen LogP contribution in [-0.4, -0.2) is 56.9 Å². The van der Waals surface area contributed by atoms with Gasteiger partial charge >= 0.3 is 0 Å². The summed E-state index contributed by atoms with van der Waals surface area (Å²) in [5.41, 5.74) is 3.92. The molecule has 4 aromatic rings. The van der Waals surface area contributed by atoms with E-state index in [9.17, 15) is 9.18 Å². The summed E-state index contributed by atoms with van der Waals surface area (Å²) in [5, 5.41) is 5.27. The SMILES string of the molecule is CCc1nn2c(ncc3c(=O)n(CCN4CCOCC4)ccc32)c1-c1ccc(F)cc1. The second-order valence-corrected chi connectivity index (χ2v) is 7.74. The van der Waals surface area contributed by atoms with Crippen molar-refractivity contribution in [1.29, 1.82) is 0 Å². The minimum absolute atomic E-state index is 0.0722. The Bertz CT molecular complexity index is 1290. The van der Waals surface area contributed by atoms with Crippen molar-refractivity contribution in [3.05, 3.63) is 64.6 Å². The lowest BCUT2D eigenvalue weighted by atomic mass is 10.0. The van der Waals surface area contributed by atoms with E-state index in [0.717, 1.165) is 55.2 Å². The molecule has 0 unspecified atom stereocenters. The second-order valence-electron chi connectivity index (χ2n) is 7.74. The van der Waals surface area contributed by atoms with Crippen LogP contribution in [0.15, 0.2) is 47.5 Å². The third-order valence-corrected chi connectivity index (χ3v) is 5.89. The number of pyridine rings is 1. The molecule has 3 aromatic heterocycles. The minimum Gasteiger partial charge on any atom is -0.379 e. The van der Waals surface area contributed by atoms with E-state index in [2.05, 4.69) is 9.88 Å². The molecule has 5 rings (SSSR count). The molecular formula is C23H24FN5O2. The summed E-state index contributed by atoms with van der Waals surface area (Å²) in [5.74, 6) is -0.283. The van der Waals surface area contributed by atoms with Crippen LogP contribution in [0.2, 0.25) is 0 Å². The molecule has 1 aliphatic rings. The van der Waals surface area contributed by atoms with Gasteiger partial charge in [0.05, 0.1) is 29.8 Å². The van der Waals surface area contributed by atoms with Crippen molar-refractivity contribution >= 4 is 16.6 Å². The fourth-order valence-corrected chi connectivity index (χ4v) is 4.16. The molecule has 0 radical (unpaired) electrons. The van der Waals surface area contributed by atoms with E-state index in [1.165, 1.54) is 12.1 Å². The predicted octanol–water partition coefficient (Wildman–Crippen LogP) is 2.74. The maximum atomic E-state index is 13.4. The van der Waals surface area contributed by atoms with Crippen molar-refractivity contribution in [3.8, 4) is 11.1 Å². The van der Waals surface area contributed by atoms with Gasteiger partial charge < -0.3 is 9.30 Å². The Morgan fingerprint density at radius 3 is 2.61 bits per heavy atom. The van der Waals surface area contributed by atoms with Gasteiger partial charge in [-0.25, -0.2) is 13.9 Å². The summed E-state index contributed by atoms with van der Waals surface area (Å²) in [4.78, 5) is 20.0. The van der Waals surface area contributed by atoms with Gasteiger partial charge in [-0.15, -0.1) is 0 Å². The molecule has 0 aliphatic carbocycles. The molecule has 1 aromatic carbocycles. The summed E-state index contributed by atoms with van der Waals surface area (Å²) >= 11 is 0. The van der Waals surface area contributed by atoms with Crippen LogP contribution >= 0.6 is 0 Å². The van der Waals surface area contributed by atoms with Crippen molar-refractivity contribution in [2.24, 2.45) is 0 Å². The average molecular weight is 421 g/mol. The number of morpholine rings is 1. The van der Waals surface area contributed by atoms with Gasteiger partial charge in [0, 0.05) is 44.1 Å². The van der Waals surface area contributed by atoms with Crippen molar-refractivity contribution in [2.75, 3.05) is 32.8 Å². The Morgan fingerprint density at radius 2 is 1.87 bits per heavy atom. The van der Waals surface area contributed by atoms with Gasteiger partial charge in [0.2, 0.25) is 0 Å². The highest BCUT2D eigenvalue weighted by Crippen LogP contribution is 2.29. The number of benzene rings is 1. The van der Waals surface area contributed by atoms with Crippen LogP contribution in [0, 0.1) is 5.82 Å². The number of aryl methyl sites for hydroxylation is 1. The topological polar surface area (TPSA) is 64.7 Å². The van der Waals surface area contributed by atoms with E-state index in [0.29, 0.717) is 24.0 Å². The molecule has 0 spiro atoms. The van der Waals surface area contributed by atoms with Crippen molar-refractivity contribution in [2.45, 2.75) is 19.9 Å². The number of halogens is 1. The van der Waals surface area contributed by atoms with Crippen LogP contribution < -0.4 is 5.56 Å². The van der Waals surface area contributed by atoms with E-state index in [-0.39, 0.29) is 11.4 Å². The van der Waals surface area contributed by atoms with Gasteiger partial charge in [-0.05, 0) is 30.2 Å². The number of hydrogen-bond donors (Lipinski definition) is 0.